The Morgan fingerprint density at radius 3 is 2.58 bits per heavy atom. The van der Waals surface area contributed by atoms with Crippen molar-refractivity contribution in [1.29, 1.82) is 0 Å². The highest BCUT2D eigenvalue weighted by atomic mass is 16.3. The number of aliphatic hydroxyl groups is 1. The molecule has 3 rings (SSSR count). The van der Waals surface area contributed by atoms with E-state index in [0.717, 1.165) is 45.4 Å². The maximum Gasteiger partial charge on any atom is 0.236 e. The molecule has 0 aromatic carbocycles. The number of likely N-dealkylation sites (tertiary alicyclic amines) is 1. The van der Waals surface area contributed by atoms with Gasteiger partial charge in [0.05, 0.1) is 6.54 Å². The molecule has 0 saturated carbocycles. The van der Waals surface area contributed by atoms with Gasteiger partial charge in [0.2, 0.25) is 5.91 Å². The van der Waals surface area contributed by atoms with E-state index in [-0.39, 0.29) is 12.5 Å². The normalized spacial score (nSPS) is 21.2. The minimum absolute atomic E-state index is 0.226. The fourth-order valence-electron chi connectivity index (χ4n) is 3.64. The van der Waals surface area contributed by atoms with Crippen molar-refractivity contribution >= 4 is 5.91 Å². The Morgan fingerprint density at radius 2 is 1.96 bits per heavy atom. The molecule has 0 aromatic rings. The summed E-state index contributed by atoms with van der Waals surface area (Å²) in [5, 5.41) is 9.24. The lowest BCUT2D eigenvalue weighted by molar-refractivity contribution is -0.134. The molecule has 4 nitrogen and oxygen atoms in total. The summed E-state index contributed by atoms with van der Waals surface area (Å²) in [5.74, 6) is 1.01. The van der Waals surface area contributed by atoms with Crippen LogP contribution in [0.15, 0.2) is 48.1 Å². The molecular formula is C20H28N2O2. The molecule has 0 radical (unpaired) electrons. The molecule has 1 N–H and O–H groups in total. The first-order chi connectivity index (χ1) is 11.7. The minimum Gasteiger partial charge on any atom is -0.396 e. The van der Waals surface area contributed by atoms with Crippen molar-refractivity contribution in [2.75, 3.05) is 39.3 Å². The first-order valence-corrected chi connectivity index (χ1v) is 9.05. The van der Waals surface area contributed by atoms with Crippen LogP contribution in [0, 0.1) is 11.8 Å². The number of carbonyl (C=O) groups excluding carboxylic acids is 1. The van der Waals surface area contributed by atoms with Crippen LogP contribution in [0.4, 0.5) is 0 Å². The van der Waals surface area contributed by atoms with Gasteiger partial charge < -0.3 is 10.0 Å². The summed E-state index contributed by atoms with van der Waals surface area (Å²) in [7, 11) is 0. The largest absolute Gasteiger partial charge is 0.396 e. The van der Waals surface area contributed by atoms with Crippen molar-refractivity contribution in [3.8, 4) is 0 Å². The summed E-state index contributed by atoms with van der Waals surface area (Å²) >= 11 is 0. The van der Waals surface area contributed by atoms with Crippen molar-refractivity contribution < 1.29 is 9.90 Å². The number of hydrogen-bond donors (Lipinski definition) is 1. The molecule has 24 heavy (non-hydrogen) atoms. The maximum absolute atomic E-state index is 12.7. The molecule has 1 fully saturated rings. The van der Waals surface area contributed by atoms with Gasteiger partial charge in [-0.3, -0.25) is 9.69 Å². The first-order valence-electron chi connectivity index (χ1n) is 9.05. The van der Waals surface area contributed by atoms with E-state index in [1.54, 1.807) is 0 Å². The van der Waals surface area contributed by atoms with Gasteiger partial charge in [-0.25, -0.2) is 0 Å². The number of piperidine rings is 1. The lowest BCUT2D eigenvalue weighted by atomic mass is 9.98. The summed E-state index contributed by atoms with van der Waals surface area (Å²) in [4.78, 5) is 17.0. The van der Waals surface area contributed by atoms with Crippen LogP contribution in [0.5, 0.6) is 0 Å². The van der Waals surface area contributed by atoms with E-state index in [1.165, 1.54) is 5.57 Å². The molecule has 0 unspecified atom stereocenters. The monoisotopic (exact) mass is 328 g/mol. The third kappa shape index (κ3) is 4.68. The summed E-state index contributed by atoms with van der Waals surface area (Å²) in [6, 6.07) is 0. The molecule has 1 aliphatic heterocycles. The van der Waals surface area contributed by atoms with Crippen LogP contribution in [0.3, 0.4) is 0 Å². The molecule has 3 aliphatic rings. The summed E-state index contributed by atoms with van der Waals surface area (Å²) in [5.41, 5.74) is 1.38. The number of aliphatic hydroxyl groups excluding tert-OH is 1. The van der Waals surface area contributed by atoms with Crippen molar-refractivity contribution in [2.24, 2.45) is 11.8 Å². The Bertz CT molecular complexity index is 542. The minimum atomic E-state index is 0.226. The highest BCUT2D eigenvalue weighted by Gasteiger charge is 2.24. The molecule has 2 aliphatic carbocycles. The van der Waals surface area contributed by atoms with Crippen LogP contribution in [0.25, 0.3) is 0 Å². The Hall–Kier alpha value is -1.65. The second-order valence-electron chi connectivity index (χ2n) is 7.07. The number of nitrogens with zero attached hydrogens (tertiary/aromatic N) is 2. The molecule has 1 amide bonds. The zero-order chi connectivity index (χ0) is 16.8. The highest BCUT2D eigenvalue weighted by molar-refractivity contribution is 5.78. The van der Waals surface area contributed by atoms with E-state index in [2.05, 4.69) is 47.4 Å². The second-order valence-corrected chi connectivity index (χ2v) is 7.07. The Morgan fingerprint density at radius 1 is 1.21 bits per heavy atom. The predicted octanol–water partition coefficient (Wildman–Crippen LogP) is 2.15. The van der Waals surface area contributed by atoms with Crippen LogP contribution in [-0.2, 0) is 4.79 Å². The molecule has 130 valence electrons. The first kappa shape index (κ1) is 17.2. The van der Waals surface area contributed by atoms with E-state index in [9.17, 15) is 9.90 Å². The van der Waals surface area contributed by atoms with E-state index in [4.69, 9.17) is 0 Å². The molecule has 1 saturated heterocycles. The van der Waals surface area contributed by atoms with Gasteiger partial charge in [-0.05, 0) is 25.2 Å². The van der Waals surface area contributed by atoms with Gasteiger partial charge in [-0.15, -0.1) is 0 Å². The third-order valence-electron chi connectivity index (χ3n) is 5.16. The van der Waals surface area contributed by atoms with Gasteiger partial charge in [0.25, 0.3) is 0 Å². The zero-order valence-electron chi connectivity index (χ0n) is 14.3. The smallest absolute Gasteiger partial charge is 0.236 e. The van der Waals surface area contributed by atoms with Gasteiger partial charge in [0, 0.05) is 38.7 Å². The number of allylic oxidation sites excluding steroid dienone is 5. The summed E-state index contributed by atoms with van der Waals surface area (Å²) in [6.07, 6.45) is 17.9. The molecule has 1 heterocycles. The van der Waals surface area contributed by atoms with Crippen molar-refractivity contribution in [2.45, 2.75) is 19.3 Å². The lowest BCUT2D eigenvalue weighted by Crippen LogP contribution is -2.45. The lowest BCUT2D eigenvalue weighted by Gasteiger charge is -2.33. The number of rotatable bonds is 7. The van der Waals surface area contributed by atoms with Crippen LogP contribution < -0.4 is 0 Å². The fourth-order valence-corrected chi connectivity index (χ4v) is 3.64. The van der Waals surface area contributed by atoms with E-state index in [1.807, 2.05) is 4.90 Å². The average molecular weight is 328 g/mol. The molecule has 0 spiro atoms. The van der Waals surface area contributed by atoms with E-state index >= 15 is 0 Å². The van der Waals surface area contributed by atoms with Crippen LogP contribution >= 0.6 is 0 Å². The van der Waals surface area contributed by atoms with Crippen LogP contribution in [0.2, 0.25) is 0 Å². The third-order valence-corrected chi connectivity index (χ3v) is 5.16. The van der Waals surface area contributed by atoms with Crippen molar-refractivity contribution in [3.05, 3.63) is 48.1 Å². The molecular weight excluding hydrogens is 300 g/mol. The van der Waals surface area contributed by atoms with Crippen molar-refractivity contribution in [1.82, 2.24) is 9.80 Å². The predicted molar refractivity (Wildman–Crippen MR) is 96.4 cm³/mol. The number of hydrogen-bond acceptors (Lipinski definition) is 3. The number of amides is 1. The van der Waals surface area contributed by atoms with E-state index < -0.39 is 0 Å². The summed E-state index contributed by atoms with van der Waals surface area (Å²) in [6.45, 7) is 4.05. The highest BCUT2D eigenvalue weighted by Crippen LogP contribution is 2.19. The molecule has 0 aromatic heterocycles. The van der Waals surface area contributed by atoms with Gasteiger partial charge in [-0.1, -0.05) is 48.1 Å². The van der Waals surface area contributed by atoms with Crippen molar-refractivity contribution in [3.63, 3.8) is 0 Å². The van der Waals surface area contributed by atoms with E-state index in [0.29, 0.717) is 18.4 Å². The fraction of sp³-hybridized carbons (Fsp3) is 0.550. The second kappa shape index (κ2) is 8.45. The van der Waals surface area contributed by atoms with Gasteiger partial charge in [0.1, 0.15) is 0 Å². The standard InChI is InChI=1S/C20H28N2O2/c23-16-19-9-11-22(12-10-19)20(24)15-21(13-17-5-1-2-6-17)14-18-7-3-4-8-18/h1-7,17,19,23H,8-16H2. The molecule has 0 bridgehead atoms. The average Bonchev–Trinajstić information content (AvgIpc) is 3.29. The Kier molecular flexibility index (Phi) is 6.05. The maximum atomic E-state index is 12.7. The number of carbonyl (C=O) groups is 1. The topological polar surface area (TPSA) is 43.8 Å². The Balaban J connectivity index is 1.54. The quantitative estimate of drug-likeness (QED) is 0.779. The van der Waals surface area contributed by atoms with Crippen LogP contribution in [-0.4, -0.2) is 60.1 Å². The summed E-state index contributed by atoms with van der Waals surface area (Å²) < 4.78 is 0. The molecule has 0 atom stereocenters. The van der Waals surface area contributed by atoms with Gasteiger partial charge in [0.15, 0.2) is 0 Å². The SMILES string of the molecule is O=C(CN(CC1=CC=CC1)CC1C=CC=C1)N1CCC(CO)CC1. The molecule has 4 heteroatoms. The zero-order valence-corrected chi connectivity index (χ0v) is 14.3. The van der Waals surface area contributed by atoms with Gasteiger partial charge >= 0.3 is 0 Å². The Labute approximate surface area is 144 Å². The van der Waals surface area contributed by atoms with Crippen LogP contribution in [0.1, 0.15) is 19.3 Å². The van der Waals surface area contributed by atoms with Gasteiger partial charge in [-0.2, -0.15) is 0 Å².